The van der Waals surface area contributed by atoms with E-state index in [4.69, 9.17) is 10.6 Å². The molecule has 0 radical (unpaired) electrons. The number of ether oxygens (including phenoxy) is 1. The van der Waals surface area contributed by atoms with Crippen molar-refractivity contribution in [3.63, 3.8) is 0 Å². The van der Waals surface area contributed by atoms with Crippen LogP contribution in [0.5, 0.6) is 0 Å². The molecule has 18 heavy (non-hydrogen) atoms. The first kappa shape index (κ1) is 12.9. The van der Waals surface area contributed by atoms with Crippen LogP contribution in [0, 0.1) is 0 Å². The fraction of sp³-hybridized carbons (Fsp3) is 0.333. The Morgan fingerprint density at radius 1 is 1.22 bits per heavy atom. The second-order valence-electron chi connectivity index (χ2n) is 3.79. The number of nitrogen functional groups attached to an aromatic ring is 1. The van der Waals surface area contributed by atoms with Crippen molar-refractivity contribution < 1.29 is 4.74 Å². The van der Waals surface area contributed by atoms with Gasteiger partial charge >= 0.3 is 0 Å². The number of benzene rings is 1. The molecule has 0 amide bonds. The minimum absolute atomic E-state index is 0.494. The van der Waals surface area contributed by atoms with Gasteiger partial charge in [0.2, 0.25) is 5.13 Å². The predicted molar refractivity (Wildman–Crippen MR) is 72.1 cm³/mol. The van der Waals surface area contributed by atoms with Crippen LogP contribution in [0.2, 0.25) is 0 Å². The van der Waals surface area contributed by atoms with E-state index < -0.39 is 0 Å². The maximum absolute atomic E-state index is 5.54. The summed E-state index contributed by atoms with van der Waals surface area (Å²) in [5.74, 6) is 5.22. The number of hydrogen-bond acceptors (Lipinski definition) is 6. The van der Waals surface area contributed by atoms with Gasteiger partial charge in [-0.05, 0) is 18.4 Å². The fourth-order valence-corrected chi connectivity index (χ4v) is 2.14. The van der Waals surface area contributed by atoms with Gasteiger partial charge in [0.05, 0.1) is 0 Å². The highest BCUT2D eigenvalue weighted by Crippen LogP contribution is 2.14. The highest BCUT2D eigenvalue weighted by Gasteiger charge is 2.02. The molecular formula is C12H16N4OS. The van der Waals surface area contributed by atoms with Crippen molar-refractivity contribution in [2.45, 2.75) is 19.4 Å². The zero-order valence-corrected chi connectivity index (χ0v) is 10.8. The minimum atomic E-state index is 0.494. The van der Waals surface area contributed by atoms with Gasteiger partial charge in [-0.3, -0.25) is 5.43 Å². The lowest BCUT2D eigenvalue weighted by molar-refractivity contribution is 0.118. The first-order valence-electron chi connectivity index (χ1n) is 5.79. The van der Waals surface area contributed by atoms with Gasteiger partial charge in [0.25, 0.3) is 0 Å². The summed E-state index contributed by atoms with van der Waals surface area (Å²) in [6.45, 7) is 1.22. The molecule has 0 saturated carbocycles. The molecule has 0 spiro atoms. The summed E-state index contributed by atoms with van der Waals surface area (Å²) in [6, 6.07) is 10.4. The van der Waals surface area contributed by atoms with E-state index in [1.165, 1.54) is 16.9 Å². The molecule has 0 aliphatic carbocycles. The van der Waals surface area contributed by atoms with Crippen molar-refractivity contribution in [2.75, 3.05) is 12.0 Å². The highest BCUT2D eigenvalue weighted by molar-refractivity contribution is 7.15. The third-order valence-electron chi connectivity index (χ3n) is 2.41. The smallest absolute Gasteiger partial charge is 0.219 e. The quantitative estimate of drug-likeness (QED) is 0.454. The number of anilines is 1. The molecule has 0 unspecified atom stereocenters. The molecule has 1 aromatic carbocycles. The van der Waals surface area contributed by atoms with Crippen LogP contribution in [0.4, 0.5) is 5.13 Å². The topological polar surface area (TPSA) is 73.1 Å². The first-order valence-corrected chi connectivity index (χ1v) is 6.61. The number of rotatable bonds is 7. The Balaban J connectivity index is 1.61. The summed E-state index contributed by atoms with van der Waals surface area (Å²) < 4.78 is 5.54. The van der Waals surface area contributed by atoms with Crippen LogP contribution in [-0.4, -0.2) is 16.8 Å². The molecule has 0 bridgehead atoms. The number of aryl methyl sites for hydroxylation is 1. The molecule has 0 fully saturated rings. The summed E-state index contributed by atoms with van der Waals surface area (Å²) >= 11 is 1.40. The number of hydrogen-bond donors (Lipinski definition) is 2. The van der Waals surface area contributed by atoms with Crippen molar-refractivity contribution in [3.8, 4) is 0 Å². The van der Waals surface area contributed by atoms with Crippen molar-refractivity contribution in [2.24, 2.45) is 5.84 Å². The van der Waals surface area contributed by atoms with Gasteiger partial charge in [-0.2, -0.15) is 0 Å². The average Bonchev–Trinajstić information content (AvgIpc) is 2.87. The molecule has 6 heteroatoms. The zero-order chi connectivity index (χ0) is 12.6. The lowest BCUT2D eigenvalue weighted by Crippen LogP contribution is -2.05. The van der Waals surface area contributed by atoms with E-state index in [-0.39, 0.29) is 0 Å². The Morgan fingerprint density at radius 2 is 2.06 bits per heavy atom. The normalized spacial score (nSPS) is 10.5. The number of hydrazine groups is 1. The van der Waals surface area contributed by atoms with Gasteiger partial charge < -0.3 is 4.74 Å². The number of nitrogens with zero attached hydrogens (tertiary/aromatic N) is 2. The standard InChI is InChI=1S/C12H16N4OS/c13-14-12-16-15-11(18-12)9-17-8-4-7-10-5-2-1-3-6-10/h1-3,5-6H,4,7-9,13H2,(H,14,16). The molecule has 96 valence electrons. The second-order valence-corrected chi connectivity index (χ2v) is 4.85. The van der Waals surface area contributed by atoms with Gasteiger partial charge in [-0.15, -0.1) is 10.2 Å². The second kappa shape index (κ2) is 7.05. The highest BCUT2D eigenvalue weighted by atomic mass is 32.1. The van der Waals surface area contributed by atoms with Crippen molar-refractivity contribution >= 4 is 16.5 Å². The van der Waals surface area contributed by atoms with Gasteiger partial charge in [-0.1, -0.05) is 41.7 Å². The van der Waals surface area contributed by atoms with Crippen molar-refractivity contribution in [1.29, 1.82) is 0 Å². The van der Waals surface area contributed by atoms with Crippen LogP contribution >= 0.6 is 11.3 Å². The number of aromatic nitrogens is 2. The summed E-state index contributed by atoms with van der Waals surface area (Å²) in [5.41, 5.74) is 3.80. The van der Waals surface area contributed by atoms with Crippen molar-refractivity contribution in [3.05, 3.63) is 40.9 Å². The molecular weight excluding hydrogens is 248 g/mol. The van der Waals surface area contributed by atoms with Crippen LogP contribution in [0.3, 0.4) is 0 Å². The fourth-order valence-electron chi connectivity index (χ4n) is 1.55. The number of nitrogens with one attached hydrogen (secondary N) is 1. The van der Waals surface area contributed by atoms with Gasteiger partial charge in [0.1, 0.15) is 11.6 Å². The van der Waals surface area contributed by atoms with Gasteiger partial charge in [0, 0.05) is 6.61 Å². The van der Waals surface area contributed by atoms with E-state index >= 15 is 0 Å². The SMILES string of the molecule is NNc1nnc(COCCCc2ccccc2)s1. The Kier molecular flexibility index (Phi) is 5.07. The third kappa shape index (κ3) is 4.06. The first-order chi connectivity index (χ1) is 8.88. The predicted octanol–water partition coefficient (Wildman–Crippen LogP) is 1.97. The molecule has 0 aliphatic rings. The Bertz CT molecular complexity index is 460. The Labute approximate surface area is 110 Å². The largest absolute Gasteiger partial charge is 0.374 e. The van der Waals surface area contributed by atoms with Gasteiger partial charge in [-0.25, -0.2) is 5.84 Å². The molecule has 1 aromatic heterocycles. The van der Waals surface area contributed by atoms with Gasteiger partial charge in [0.15, 0.2) is 0 Å². The maximum atomic E-state index is 5.54. The van der Waals surface area contributed by atoms with Crippen LogP contribution in [0.15, 0.2) is 30.3 Å². The summed E-state index contributed by atoms with van der Waals surface area (Å²) in [5, 5.41) is 9.22. The van der Waals surface area contributed by atoms with Crippen LogP contribution in [0.25, 0.3) is 0 Å². The van der Waals surface area contributed by atoms with E-state index in [1.54, 1.807) is 0 Å². The maximum Gasteiger partial charge on any atom is 0.219 e. The lowest BCUT2D eigenvalue weighted by Gasteiger charge is -2.02. The number of nitrogens with two attached hydrogens (primary N) is 1. The summed E-state index contributed by atoms with van der Waals surface area (Å²) in [7, 11) is 0. The molecule has 5 nitrogen and oxygen atoms in total. The monoisotopic (exact) mass is 264 g/mol. The zero-order valence-electron chi connectivity index (χ0n) is 10.0. The summed E-state index contributed by atoms with van der Waals surface area (Å²) in [6.07, 6.45) is 2.04. The van der Waals surface area contributed by atoms with E-state index in [0.717, 1.165) is 24.5 Å². The third-order valence-corrected chi connectivity index (χ3v) is 3.24. The molecule has 0 aliphatic heterocycles. The van der Waals surface area contributed by atoms with E-state index in [9.17, 15) is 0 Å². The molecule has 2 rings (SSSR count). The molecule has 0 atom stereocenters. The van der Waals surface area contributed by atoms with Crippen LogP contribution < -0.4 is 11.3 Å². The van der Waals surface area contributed by atoms with E-state index in [2.05, 4.69) is 39.9 Å². The van der Waals surface area contributed by atoms with E-state index in [1.807, 2.05) is 6.07 Å². The Morgan fingerprint density at radius 3 is 2.78 bits per heavy atom. The molecule has 0 saturated heterocycles. The van der Waals surface area contributed by atoms with Crippen molar-refractivity contribution in [1.82, 2.24) is 10.2 Å². The van der Waals surface area contributed by atoms with Crippen LogP contribution in [-0.2, 0) is 17.8 Å². The van der Waals surface area contributed by atoms with Crippen LogP contribution in [0.1, 0.15) is 17.0 Å². The summed E-state index contributed by atoms with van der Waals surface area (Å²) in [4.78, 5) is 0. The Hall–Kier alpha value is -1.50. The van der Waals surface area contributed by atoms with E-state index in [0.29, 0.717) is 11.7 Å². The lowest BCUT2D eigenvalue weighted by atomic mass is 10.1. The molecule has 1 heterocycles. The molecule has 2 aromatic rings. The minimum Gasteiger partial charge on any atom is -0.374 e. The average molecular weight is 264 g/mol. The molecule has 3 N–H and O–H groups in total.